The molecule has 0 radical (unpaired) electrons. The Labute approximate surface area is 130 Å². The van der Waals surface area contributed by atoms with Crippen molar-refractivity contribution in [3.8, 4) is 0 Å². The van der Waals surface area contributed by atoms with E-state index in [1.807, 2.05) is 36.4 Å². The van der Waals surface area contributed by atoms with E-state index in [9.17, 15) is 4.39 Å². The normalized spacial score (nSPS) is 12.5. The van der Waals surface area contributed by atoms with Crippen LogP contribution in [-0.2, 0) is 0 Å². The molecule has 3 nitrogen and oxygen atoms in total. The van der Waals surface area contributed by atoms with Gasteiger partial charge in [-0.05, 0) is 45.8 Å². The maximum absolute atomic E-state index is 13.4. The molecule has 1 unspecified atom stereocenters. The predicted octanol–water partition coefficient (Wildman–Crippen LogP) is 3.69. The Kier molecular flexibility index (Phi) is 3.96. The van der Waals surface area contributed by atoms with Crippen LogP contribution >= 0.6 is 15.9 Å². The number of hydrazine groups is 1. The molecule has 106 valence electrons. The summed E-state index contributed by atoms with van der Waals surface area (Å²) in [5, 5.41) is 1.03. The first-order chi connectivity index (χ1) is 10.2. The van der Waals surface area contributed by atoms with E-state index in [-0.39, 0.29) is 11.9 Å². The third kappa shape index (κ3) is 2.81. The number of hydrogen-bond acceptors (Lipinski definition) is 3. The number of hydrogen-bond donors (Lipinski definition) is 2. The molecule has 1 aromatic heterocycles. The van der Waals surface area contributed by atoms with Crippen LogP contribution in [0, 0.1) is 5.82 Å². The van der Waals surface area contributed by atoms with Crippen molar-refractivity contribution in [2.45, 2.75) is 6.04 Å². The second-order valence-corrected chi connectivity index (χ2v) is 5.56. The molecule has 5 heteroatoms. The summed E-state index contributed by atoms with van der Waals surface area (Å²) in [5.41, 5.74) is 5.02. The third-order valence-electron chi connectivity index (χ3n) is 3.33. The molecule has 2 aromatic carbocycles. The Balaban J connectivity index is 2.14. The molecule has 0 amide bonds. The first-order valence-corrected chi connectivity index (χ1v) is 7.25. The van der Waals surface area contributed by atoms with Crippen LogP contribution in [0.1, 0.15) is 17.3 Å². The number of nitrogens with two attached hydrogens (primary N) is 1. The van der Waals surface area contributed by atoms with Crippen molar-refractivity contribution in [2.75, 3.05) is 0 Å². The minimum Gasteiger partial charge on any atom is -0.271 e. The highest BCUT2D eigenvalue weighted by atomic mass is 79.9. The molecule has 3 rings (SSSR count). The van der Waals surface area contributed by atoms with Crippen LogP contribution in [-0.4, -0.2) is 4.98 Å². The van der Waals surface area contributed by atoms with E-state index in [2.05, 4.69) is 26.3 Å². The molecular formula is C16H13BrFN3. The molecule has 0 spiro atoms. The maximum Gasteiger partial charge on any atom is 0.123 e. The Bertz CT molecular complexity index is 791. The van der Waals surface area contributed by atoms with Gasteiger partial charge in [0.15, 0.2) is 0 Å². The second kappa shape index (κ2) is 5.89. The average molecular weight is 346 g/mol. The van der Waals surface area contributed by atoms with Crippen LogP contribution in [0.3, 0.4) is 0 Å². The van der Waals surface area contributed by atoms with E-state index in [0.29, 0.717) is 0 Å². The number of benzene rings is 2. The van der Waals surface area contributed by atoms with Crippen LogP contribution in [0.2, 0.25) is 0 Å². The summed E-state index contributed by atoms with van der Waals surface area (Å²) in [5.74, 6) is 5.37. The number of para-hydroxylation sites is 1. The monoisotopic (exact) mass is 345 g/mol. The number of pyridine rings is 1. The van der Waals surface area contributed by atoms with Crippen LogP contribution in [0.5, 0.6) is 0 Å². The molecule has 0 saturated heterocycles. The van der Waals surface area contributed by atoms with Gasteiger partial charge in [0, 0.05) is 9.86 Å². The van der Waals surface area contributed by atoms with Gasteiger partial charge in [0.25, 0.3) is 0 Å². The predicted molar refractivity (Wildman–Crippen MR) is 85.0 cm³/mol. The SMILES string of the molecule is NNC(c1cccc(F)c1)c1nc2ccccc2cc1Br. The maximum atomic E-state index is 13.4. The van der Waals surface area contributed by atoms with E-state index in [4.69, 9.17) is 5.84 Å². The minimum atomic E-state index is -0.389. The summed E-state index contributed by atoms with van der Waals surface area (Å²) in [7, 11) is 0. The fraction of sp³-hybridized carbons (Fsp3) is 0.0625. The van der Waals surface area contributed by atoms with Crippen molar-refractivity contribution < 1.29 is 4.39 Å². The molecule has 0 aliphatic heterocycles. The minimum absolute atomic E-state index is 0.301. The molecule has 0 aliphatic rings. The molecular weight excluding hydrogens is 333 g/mol. The summed E-state index contributed by atoms with van der Waals surface area (Å²) in [6, 6.07) is 15.7. The Morgan fingerprint density at radius 1 is 1.10 bits per heavy atom. The number of nitrogens with one attached hydrogen (secondary N) is 1. The molecule has 3 aromatic rings. The smallest absolute Gasteiger partial charge is 0.123 e. The molecule has 0 saturated carbocycles. The highest BCUT2D eigenvalue weighted by molar-refractivity contribution is 9.10. The fourth-order valence-corrected chi connectivity index (χ4v) is 2.89. The van der Waals surface area contributed by atoms with Crippen molar-refractivity contribution >= 4 is 26.8 Å². The van der Waals surface area contributed by atoms with E-state index >= 15 is 0 Å². The molecule has 0 aliphatic carbocycles. The lowest BCUT2D eigenvalue weighted by atomic mass is 10.0. The first-order valence-electron chi connectivity index (χ1n) is 6.46. The van der Waals surface area contributed by atoms with Crippen molar-refractivity contribution in [3.05, 3.63) is 76.1 Å². The number of rotatable bonds is 3. The van der Waals surface area contributed by atoms with E-state index in [1.165, 1.54) is 12.1 Å². The lowest BCUT2D eigenvalue weighted by molar-refractivity contribution is 0.597. The molecule has 21 heavy (non-hydrogen) atoms. The first kappa shape index (κ1) is 14.1. The summed E-state index contributed by atoms with van der Waals surface area (Å²) < 4.78 is 14.3. The van der Waals surface area contributed by atoms with Gasteiger partial charge in [0.05, 0.1) is 17.3 Å². The quantitative estimate of drug-likeness (QED) is 0.562. The molecule has 0 bridgehead atoms. The van der Waals surface area contributed by atoms with Gasteiger partial charge in [0.2, 0.25) is 0 Å². The van der Waals surface area contributed by atoms with Gasteiger partial charge in [-0.15, -0.1) is 0 Å². The van der Waals surface area contributed by atoms with E-state index in [0.717, 1.165) is 26.6 Å². The van der Waals surface area contributed by atoms with Gasteiger partial charge >= 0.3 is 0 Å². The summed E-state index contributed by atoms with van der Waals surface area (Å²) in [6.45, 7) is 0. The van der Waals surface area contributed by atoms with Gasteiger partial charge in [-0.25, -0.2) is 14.8 Å². The zero-order valence-corrected chi connectivity index (χ0v) is 12.6. The average Bonchev–Trinajstić information content (AvgIpc) is 2.48. The largest absolute Gasteiger partial charge is 0.271 e. The fourth-order valence-electron chi connectivity index (χ4n) is 2.33. The van der Waals surface area contributed by atoms with Crippen molar-refractivity contribution in [3.63, 3.8) is 0 Å². The van der Waals surface area contributed by atoms with Crippen molar-refractivity contribution in [1.82, 2.24) is 10.4 Å². The Morgan fingerprint density at radius 3 is 2.67 bits per heavy atom. The standard InChI is InChI=1S/C16H13BrFN3/c17-13-9-10-4-1-2-7-14(10)20-16(13)15(21-19)11-5-3-6-12(18)8-11/h1-9,15,21H,19H2. The van der Waals surface area contributed by atoms with Crippen LogP contribution < -0.4 is 11.3 Å². The van der Waals surface area contributed by atoms with Crippen molar-refractivity contribution in [2.24, 2.45) is 5.84 Å². The number of fused-ring (bicyclic) bond motifs is 1. The van der Waals surface area contributed by atoms with Gasteiger partial charge in [0.1, 0.15) is 5.82 Å². The topological polar surface area (TPSA) is 50.9 Å². The lowest BCUT2D eigenvalue weighted by Gasteiger charge is -2.18. The molecule has 1 atom stereocenters. The summed E-state index contributed by atoms with van der Waals surface area (Å²) in [6.07, 6.45) is 0. The summed E-state index contributed by atoms with van der Waals surface area (Å²) >= 11 is 3.52. The van der Waals surface area contributed by atoms with Gasteiger partial charge in [-0.2, -0.15) is 0 Å². The number of halogens is 2. The highest BCUT2D eigenvalue weighted by Gasteiger charge is 2.18. The van der Waals surface area contributed by atoms with Gasteiger partial charge in [-0.1, -0.05) is 30.3 Å². The van der Waals surface area contributed by atoms with Crippen LogP contribution in [0.25, 0.3) is 10.9 Å². The zero-order chi connectivity index (χ0) is 14.8. The lowest BCUT2D eigenvalue weighted by Crippen LogP contribution is -2.30. The van der Waals surface area contributed by atoms with Crippen molar-refractivity contribution in [1.29, 1.82) is 0 Å². The number of aromatic nitrogens is 1. The van der Waals surface area contributed by atoms with Gasteiger partial charge in [-0.3, -0.25) is 5.84 Å². The highest BCUT2D eigenvalue weighted by Crippen LogP contribution is 2.29. The molecule has 1 heterocycles. The number of nitrogens with zero attached hydrogens (tertiary/aromatic N) is 1. The molecule has 3 N–H and O–H groups in total. The zero-order valence-electron chi connectivity index (χ0n) is 11.1. The van der Waals surface area contributed by atoms with E-state index < -0.39 is 0 Å². The third-order valence-corrected chi connectivity index (χ3v) is 3.96. The Hall–Kier alpha value is -1.82. The van der Waals surface area contributed by atoms with E-state index in [1.54, 1.807) is 6.07 Å². The van der Waals surface area contributed by atoms with Crippen LogP contribution in [0.15, 0.2) is 59.1 Å². The summed E-state index contributed by atoms with van der Waals surface area (Å²) in [4.78, 5) is 4.64. The van der Waals surface area contributed by atoms with Gasteiger partial charge < -0.3 is 0 Å². The Morgan fingerprint density at radius 2 is 1.90 bits per heavy atom. The second-order valence-electron chi connectivity index (χ2n) is 4.70. The molecule has 0 fully saturated rings. The van der Waals surface area contributed by atoms with Crippen LogP contribution in [0.4, 0.5) is 4.39 Å².